The van der Waals surface area contributed by atoms with Gasteiger partial charge >= 0.3 is 0 Å². The zero-order valence-corrected chi connectivity index (χ0v) is 13.1. The van der Waals surface area contributed by atoms with Crippen molar-refractivity contribution in [1.82, 2.24) is 9.62 Å². The predicted molar refractivity (Wildman–Crippen MR) is 81.3 cm³/mol. The Morgan fingerprint density at radius 2 is 1.86 bits per heavy atom. The molecule has 116 valence electrons. The van der Waals surface area contributed by atoms with Gasteiger partial charge in [0.1, 0.15) is 0 Å². The molecule has 1 amide bonds. The minimum Gasteiger partial charge on any atom is -0.353 e. The summed E-state index contributed by atoms with van der Waals surface area (Å²) >= 11 is 0. The fourth-order valence-electron chi connectivity index (χ4n) is 2.51. The molecule has 0 saturated carbocycles. The Kier molecular flexibility index (Phi) is 5.36. The molecular weight excluding hydrogens is 288 g/mol. The van der Waals surface area contributed by atoms with Gasteiger partial charge in [0.25, 0.3) is 0 Å². The lowest BCUT2D eigenvalue weighted by molar-refractivity contribution is -0.122. The third-order valence-electron chi connectivity index (χ3n) is 3.68. The van der Waals surface area contributed by atoms with Crippen molar-refractivity contribution < 1.29 is 13.2 Å². The summed E-state index contributed by atoms with van der Waals surface area (Å²) in [6, 6.07) is 8.57. The van der Waals surface area contributed by atoms with Gasteiger partial charge < -0.3 is 5.32 Å². The van der Waals surface area contributed by atoms with Gasteiger partial charge in [-0.2, -0.15) is 4.31 Å². The Bertz CT molecular complexity index is 564. The molecule has 0 aliphatic carbocycles. The highest BCUT2D eigenvalue weighted by Crippen LogP contribution is 2.20. The van der Waals surface area contributed by atoms with Gasteiger partial charge in [0.05, 0.1) is 4.90 Å². The summed E-state index contributed by atoms with van der Waals surface area (Å²) < 4.78 is 26.4. The van der Waals surface area contributed by atoms with Crippen LogP contribution in [0.15, 0.2) is 35.2 Å². The molecule has 0 unspecified atom stereocenters. The molecular formula is C15H22N2O3S. The molecule has 1 aromatic carbocycles. The zero-order valence-electron chi connectivity index (χ0n) is 12.3. The van der Waals surface area contributed by atoms with Gasteiger partial charge in [-0.1, -0.05) is 25.1 Å². The largest absolute Gasteiger partial charge is 0.353 e. The van der Waals surface area contributed by atoms with Crippen molar-refractivity contribution in [3.63, 3.8) is 0 Å². The lowest BCUT2D eigenvalue weighted by atomic mass is 10.1. The van der Waals surface area contributed by atoms with Crippen LogP contribution in [0.25, 0.3) is 0 Å². The second-order valence-electron chi connectivity index (χ2n) is 5.31. The summed E-state index contributed by atoms with van der Waals surface area (Å²) in [4.78, 5) is 11.9. The summed E-state index contributed by atoms with van der Waals surface area (Å²) in [5, 5.41) is 2.97. The van der Waals surface area contributed by atoms with Crippen LogP contribution in [0.5, 0.6) is 0 Å². The molecule has 0 atom stereocenters. The fourth-order valence-corrected chi connectivity index (χ4v) is 4.00. The third kappa shape index (κ3) is 4.04. The monoisotopic (exact) mass is 310 g/mol. The first-order valence-electron chi connectivity index (χ1n) is 7.38. The van der Waals surface area contributed by atoms with Crippen molar-refractivity contribution in [2.75, 3.05) is 13.1 Å². The predicted octanol–water partition coefficient (Wildman–Crippen LogP) is 1.76. The molecule has 0 bridgehead atoms. The number of carbonyl (C=O) groups is 1. The average molecular weight is 310 g/mol. The van der Waals surface area contributed by atoms with E-state index in [4.69, 9.17) is 0 Å². The molecule has 5 nitrogen and oxygen atoms in total. The summed E-state index contributed by atoms with van der Waals surface area (Å²) in [7, 11) is -3.40. The van der Waals surface area contributed by atoms with Crippen LogP contribution in [0.4, 0.5) is 0 Å². The Hall–Kier alpha value is -1.40. The molecule has 21 heavy (non-hydrogen) atoms. The minimum absolute atomic E-state index is 0.0573. The van der Waals surface area contributed by atoms with Crippen molar-refractivity contribution in [3.05, 3.63) is 30.3 Å². The molecule has 6 heteroatoms. The van der Waals surface area contributed by atoms with E-state index in [9.17, 15) is 13.2 Å². The normalized spacial score (nSPS) is 17.6. The van der Waals surface area contributed by atoms with Crippen LogP contribution in [0, 0.1) is 0 Å². The molecule has 1 N–H and O–H groups in total. The fraction of sp³-hybridized carbons (Fsp3) is 0.533. The van der Waals surface area contributed by atoms with Crippen LogP contribution in [0.3, 0.4) is 0 Å². The van der Waals surface area contributed by atoms with Crippen LogP contribution in [-0.2, 0) is 14.8 Å². The quantitative estimate of drug-likeness (QED) is 0.901. The van der Waals surface area contributed by atoms with Crippen LogP contribution < -0.4 is 5.32 Å². The van der Waals surface area contributed by atoms with E-state index in [1.54, 1.807) is 30.3 Å². The average Bonchev–Trinajstić information content (AvgIpc) is 2.49. The number of nitrogens with zero attached hydrogens (tertiary/aromatic N) is 1. The van der Waals surface area contributed by atoms with Crippen LogP contribution in [-0.4, -0.2) is 37.8 Å². The first-order chi connectivity index (χ1) is 10.0. The van der Waals surface area contributed by atoms with Gasteiger partial charge in [0.2, 0.25) is 15.9 Å². The lowest BCUT2D eigenvalue weighted by Crippen LogP contribution is -2.46. The molecule has 0 aromatic heterocycles. The zero-order chi connectivity index (χ0) is 15.3. The minimum atomic E-state index is -3.40. The molecule has 1 aliphatic heterocycles. The smallest absolute Gasteiger partial charge is 0.243 e. The number of rotatable bonds is 5. The summed E-state index contributed by atoms with van der Waals surface area (Å²) in [6.45, 7) is 2.87. The Balaban J connectivity index is 1.93. The number of sulfonamides is 1. The summed E-state index contributed by atoms with van der Waals surface area (Å²) in [6.07, 6.45) is 2.69. The van der Waals surface area contributed by atoms with Gasteiger partial charge in [-0.25, -0.2) is 8.42 Å². The standard InChI is InChI=1S/C15H22N2O3S/c1-2-6-15(18)16-13-9-11-17(12-10-13)21(19,20)14-7-4-3-5-8-14/h3-5,7-8,13H,2,6,9-12H2,1H3,(H,16,18). The summed E-state index contributed by atoms with van der Waals surface area (Å²) in [5.41, 5.74) is 0. The number of piperidine rings is 1. The number of amides is 1. The molecule has 0 spiro atoms. The lowest BCUT2D eigenvalue weighted by Gasteiger charge is -2.31. The molecule has 0 radical (unpaired) electrons. The maximum atomic E-state index is 12.5. The Labute approximate surface area is 126 Å². The maximum Gasteiger partial charge on any atom is 0.243 e. The van der Waals surface area contributed by atoms with E-state index in [1.807, 2.05) is 6.92 Å². The first-order valence-corrected chi connectivity index (χ1v) is 8.82. The van der Waals surface area contributed by atoms with E-state index < -0.39 is 10.0 Å². The third-order valence-corrected chi connectivity index (χ3v) is 5.59. The maximum absolute atomic E-state index is 12.5. The summed E-state index contributed by atoms with van der Waals surface area (Å²) in [5.74, 6) is 0.0573. The van der Waals surface area contributed by atoms with Gasteiger partial charge in [-0.05, 0) is 31.4 Å². The topological polar surface area (TPSA) is 66.5 Å². The number of hydrogen-bond donors (Lipinski definition) is 1. The van der Waals surface area contributed by atoms with Gasteiger partial charge in [0, 0.05) is 25.6 Å². The number of nitrogens with one attached hydrogen (secondary N) is 1. The molecule has 1 aromatic rings. The van der Waals surface area contributed by atoms with E-state index in [-0.39, 0.29) is 11.9 Å². The van der Waals surface area contributed by atoms with E-state index in [0.717, 1.165) is 6.42 Å². The second kappa shape index (κ2) is 7.04. The highest BCUT2D eigenvalue weighted by Gasteiger charge is 2.29. The second-order valence-corrected chi connectivity index (χ2v) is 7.25. The van der Waals surface area contributed by atoms with Gasteiger partial charge in [-0.3, -0.25) is 4.79 Å². The van der Waals surface area contributed by atoms with E-state index >= 15 is 0 Å². The number of hydrogen-bond acceptors (Lipinski definition) is 3. The van der Waals surface area contributed by atoms with Gasteiger partial charge in [-0.15, -0.1) is 0 Å². The van der Waals surface area contributed by atoms with E-state index in [2.05, 4.69) is 5.32 Å². The van der Waals surface area contributed by atoms with Crippen molar-refractivity contribution in [2.45, 2.75) is 43.5 Å². The Morgan fingerprint density at radius 1 is 1.24 bits per heavy atom. The van der Waals surface area contributed by atoms with Gasteiger partial charge in [0.15, 0.2) is 0 Å². The first kappa shape index (κ1) is 16.0. The number of carbonyl (C=O) groups excluding carboxylic acids is 1. The van der Waals surface area contributed by atoms with Crippen molar-refractivity contribution >= 4 is 15.9 Å². The van der Waals surface area contributed by atoms with E-state index in [1.165, 1.54) is 4.31 Å². The van der Waals surface area contributed by atoms with Crippen LogP contribution >= 0.6 is 0 Å². The number of benzene rings is 1. The molecule has 1 heterocycles. The SMILES string of the molecule is CCCC(=O)NC1CCN(S(=O)(=O)c2ccccc2)CC1. The van der Waals surface area contributed by atoms with Crippen molar-refractivity contribution in [1.29, 1.82) is 0 Å². The molecule has 1 saturated heterocycles. The van der Waals surface area contributed by atoms with Crippen LogP contribution in [0.1, 0.15) is 32.6 Å². The van der Waals surface area contributed by atoms with E-state index in [0.29, 0.717) is 37.2 Å². The molecule has 2 rings (SSSR count). The van der Waals surface area contributed by atoms with Crippen molar-refractivity contribution in [3.8, 4) is 0 Å². The molecule has 1 fully saturated rings. The highest BCUT2D eigenvalue weighted by atomic mass is 32.2. The molecule has 1 aliphatic rings. The Morgan fingerprint density at radius 3 is 2.43 bits per heavy atom. The highest BCUT2D eigenvalue weighted by molar-refractivity contribution is 7.89. The van der Waals surface area contributed by atoms with Crippen molar-refractivity contribution in [2.24, 2.45) is 0 Å². The van der Waals surface area contributed by atoms with Crippen LogP contribution in [0.2, 0.25) is 0 Å².